The van der Waals surface area contributed by atoms with E-state index in [2.05, 4.69) is 34.6 Å². The van der Waals surface area contributed by atoms with Crippen molar-refractivity contribution in [3.8, 4) is 0 Å². The van der Waals surface area contributed by atoms with Gasteiger partial charge in [0.2, 0.25) is 0 Å². The molecule has 1 unspecified atom stereocenters. The van der Waals surface area contributed by atoms with Gasteiger partial charge >= 0.3 is 11.9 Å². The van der Waals surface area contributed by atoms with Crippen LogP contribution in [0.4, 0.5) is 0 Å². The van der Waals surface area contributed by atoms with Crippen molar-refractivity contribution in [3.05, 3.63) is 0 Å². The average molecular weight is 803 g/mol. The maximum absolute atomic E-state index is 13.2. The molecule has 0 aliphatic heterocycles. The second-order valence-electron chi connectivity index (χ2n) is 19.6. The second kappa shape index (κ2) is 46.2. The van der Waals surface area contributed by atoms with Crippen LogP contribution in [0, 0.1) is 17.8 Å². The zero-order chi connectivity index (χ0) is 41.7. The van der Waals surface area contributed by atoms with Gasteiger partial charge in [-0.3, -0.25) is 9.59 Å². The van der Waals surface area contributed by atoms with E-state index in [1.807, 2.05) is 0 Å². The molecule has 0 radical (unpaired) electrons. The standard InChI is InChI=1S/C54H106O3/c1-6-7-8-9-10-11-12-13-16-22-27-32-37-42-47-52(48-43-38-33-28-23-17-14-15-20-25-30-35-40-45-50(2)3)54(56)57-53(55)49-44-39-34-29-24-19-18-21-26-31-36-41-46-51(4)5/h50-52H,6-49H2,1-5H3. The third-order valence-corrected chi connectivity index (χ3v) is 12.7. The Bertz CT molecular complexity index is 803. The lowest BCUT2D eigenvalue weighted by molar-refractivity contribution is -0.163. The molecule has 0 amide bonds. The molecule has 0 rings (SSSR count). The van der Waals surface area contributed by atoms with Crippen LogP contribution in [0.1, 0.15) is 317 Å². The minimum Gasteiger partial charge on any atom is -0.393 e. The van der Waals surface area contributed by atoms with Gasteiger partial charge in [-0.2, -0.15) is 0 Å². The minimum atomic E-state index is -0.287. The number of rotatable bonds is 47. The molecule has 57 heavy (non-hydrogen) atoms. The van der Waals surface area contributed by atoms with Crippen molar-refractivity contribution in [2.24, 2.45) is 17.8 Å². The van der Waals surface area contributed by atoms with Crippen LogP contribution in [0.15, 0.2) is 0 Å². The molecule has 0 aromatic carbocycles. The van der Waals surface area contributed by atoms with Crippen LogP contribution in [0.2, 0.25) is 0 Å². The molecule has 0 spiro atoms. The predicted octanol–water partition coefficient (Wildman–Crippen LogP) is 19.2. The van der Waals surface area contributed by atoms with Crippen LogP contribution in [0.5, 0.6) is 0 Å². The Morgan fingerprint density at radius 3 is 0.807 bits per heavy atom. The Balaban J connectivity index is 4.20. The molecule has 3 heteroatoms. The van der Waals surface area contributed by atoms with Crippen molar-refractivity contribution in [3.63, 3.8) is 0 Å². The van der Waals surface area contributed by atoms with E-state index < -0.39 is 0 Å². The first kappa shape index (κ1) is 56.1. The summed E-state index contributed by atoms with van der Waals surface area (Å²) in [5, 5.41) is 0. The quantitative estimate of drug-likeness (QED) is 0.0350. The van der Waals surface area contributed by atoms with E-state index >= 15 is 0 Å². The van der Waals surface area contributed by atoms with Crippen LogP contribution in [0.3, 0.4) is 0 Å². The van der Waals surface area contributed by atoms with Crippen molar-refractivity contribution in [2.75, 3.05) is 0 Å². The normalized spacial score (nSPS) is 12.3. The molecule has 340 valence electrons. The molecular formula is C54H106O3. The predicted molar refractivity (Wildman–Crippen MR) is 253 cm³/mol. The van der Waals surface area contributed by atoms with Crippen LogP contribution >= 0.6 is 0 Å². The highest BCUT2D eigenvalue weighted by Gasteiger charge is 2.22. The van der Waals surface area contributed by atoms with Crippen LogP contribution in [0.25, 0.3) is 0 Å². The highest BCUT2D eigenvalue weighted by Crippen LogP contribution is 2.23. The lowest BCUT2D eigenvalue weighted by atomic mass is 9.94. The molecule has 0 heterocycles. The van der Waals surface area contributed by atoms with Gasteiger partial charge in [0, 0.05) is 6.42 Å². The summed E-state index contributed by atoms with van der Waals surface area (Å²) in [4.78, 5) is 25.9. The average Bonchev–Trinajstić information content (AvgIpc) is 3.18. The molecule has 0 bridgehead atoms. The minimum absolute atomic E-state index is 0.100. The van der Waals surface area contributed by atoms with Gasteiger partial charge in [-0.1, -0.05) is 291 Å². The Hall–Kier alpha value is -0.860. The van der Waals surface area contributed by atoms with Crippen LogP contribution in [-0.4, -0.2) is 11.9 Å². The SMILES string of the molecule is CCCCCCCCCCCCCCCCC(CCCCCCCCCCCCCCCC(C)C)C(=O)OC(=O)CCCCCCCCCCCCCCC(C)C. The molecule has 0 N–H and O–H groups in total. The number of hydrogen-bond donors (Lipinski definition) is 0. The van der Waals surface area contributed by atoms with Gasteiger partial charge in [-0.15, -0.1) is 0 Å². The van der Waals surface area contributed by atoms with E-state index in [4.69, 9.17) is 4.74 Å². The van der Waals surface area contributed by atoms with Crippen molar-refractivity contribution in [1.82, 2.24) is 0 Å². The number of carbonyl (C=O) groups excluding carboxylic acids is 2. The summed E-state index contributed by atoms with van der Waals surface area (Å²) in [5.74, 6) is 1.09. The van der Waals surface area contributed by atoms with Crippen molar-refractivity contribution in [2.45, 2.75) is 317 Å². The molecule has 0 fully saturated rings. The summed E-state index contributed by atoms with van der Waals surface area (Å²) in [6.45, 7) is 11.6. The molecule has 0 saturated carbocycles. The lowest BCUT2D eigenvalue weighted by Gasteiger charge is -2.15. The number of carbonyl (C=O) groups is 2. The van der Waals surface area contributed by atoms with E-state index in [0.29, 0.717) is 6.42 Å². The van der Waals surface area contributed by atoms with Gasteiger partial charge < -0.3 is 4.74 Å². The Labute approximate surface area is 360 Å². The largest absolute Gasteiger partial charge is 0.393 e. The molecule has 1 atom stereocenters. The highest BCUT2D eigenvalue weighted by molar-refractivity contribution is 5.86. The van der Waals surface area contributed by atoms with Gasteiger partial charge in [-0.05, 0) is 31.1 Å². The Morgan fingerprint density at radius 2 is 0.544 bits per heavy atom. The lowest BCUT2D eigenvalue weighted by Crippen LogP contribution is -2.21. The summed E-state index contributed by atoms with van der Waals surface area (Å²) < 4.78 is 5.50. The molecule has 0 aromatic rings. The van der Waals surface area contributed by atoms with Crippen molar-refractivity contribution < 1.29 is 14.3 Å². The Kier molecular flexibility index (Phi) is 45.5. The van der Waals surface area contributed by atoms with Crippen molar-refractivity contribution >= 4 is 11.9 Å². The fourth-order valence-corrected chi connectivity index (χ4v) is 8.69. The topological polar surface area (TPSA) is 43.4 Å². The molecule has 0 saturated heterocycles. The van der Waals surface area contributed by atoms with E-state index in [9.17, 15) is 9.59 Å². The first-order valence-corrected chi connectivity index (χ1v) is 26.6. The zero-order valence-corrected chi connectivity index (χ0v) is 40.1. The van der Waals surface area contributed by atoms with Crippen molar-refractivity contribution in [1.29, 1.82) is 0 Å². The van der Waals surface area contributed by atoms with Gasteiger partial charge in [-0.25, -0.2) is 0 Å². The fourth-order valence-electron chi connectivity index (χ4n) is 8.69. The fraction of sp³-hybridized carbons (Fsp3) is 0.963. The number of unbranched alkanes of at least 4 members (excludes halogenated alkanes) is 36. The second-order valence-corrected chi connectivity index (χ2v) is 19.6. The maximum atomic E-state index is 13.2. The highest BCUT2D eigenvalue weighted by atomic mass is 16.6. The summed E-state index contributed by atoms with van der Waals surface area (Å²) in [7, 11) is 0. The number of esters is 2. The monoisotopic (exact) mass is 803 g/mol. The first-order chi connectivity index (χ1) is 27.9. The van der Waals surface area contributed by atoms with Crippen LogP contribution in [-0.2, 0) is 14.3 Å². The summed E-state index contributed by atoms with van der Waals surface area (Å²) in [6, 6.07) is 0. The summed E-state index contributed by atoms with van der Waals surface area (Å²) >= 11 is 0. The number of ether oxygens (including phenoxy) is 1. The molecular weight excluding hydrogens is 697 g/mol. The summed E-state index contributed by atoms with van der Waals surface area (Å²) in [6.07, 6.45) is 56.7. The number of hydrogen-bond acceptors (Lipinski definition) is 3. The Morgan fingerprint density at radius 1 is 0.316 bits per heavy atom. The summed E-state index contributed by atoms with van der Waals surface area (Å²) in [5.41, 5.74) is 0. The van der Waals surface area contributed by atoms with E-state index in [1.54, 1.807) is 0 Å². The maximum Gasteiger partial charge on any atom is 0.316 e. The van der Waals surface area contributed by atoms with Gasteiger partial charge in [0.25, 0.3) is 0 Å². The van der Waals surface area contributed by atoms with E-state index in [0.717, 1.165) is 50.4 Å². The molecule has 0 aromatic heterocycles. The zero-order valence-electron chi connectivity index (χ0n) is 40.1. The van der Waals surface area contributed by atoms with Gasteiger partial charge in [0.05, 0.1) is 5.92 Å². The smallest absolute Gasteiger partial charge is 0.316 e. The van der Waals surface area contributed by atoms with Crippen LogP contribution < -0.4 is 0 Å². The van der Waals surface area contributed by atoms with Gasteiger partial charge in [0.15, 0.2) is 0 Å². The van der Waals surface area contributed by atoms with E-state index in [-0.39, 0.29) is 17.9 Å². The van der Waals surface area contributed by atoms with E-state index in [1.165, 1.54) is 238 Å². The third kappa shape index (κ3) is 46.1. The molecule has 0 aliphatic rings. The van der Waals surface area contributed by atoms with Gasteiger partial charge in [0.1, 0.15) is 0 Å². The third-order valence-electron chi connectivity index (χ3n) is 12.7. The molecule has 3 nitrogen and oxygen atoms in total. The molecule has 0 aliphatic carbocycles. The first-order valence-electron chi connectivity index (χ1n) is 26.6.